The minimum Gasteiger partial charge on any atom is -0.265 e. The molecule has 0 fully saturated rings. The van der Waals surface area contributed by atoms with Gasteiger partial charge >= 0.3 is 0 Å². The van der Waals surface area contributed by atoms with Gasteiger partial charge in [0.1, 0.15) is 0 Å². The normalized spacial score (nSPS) is 12.8. The molecule has 0 aromatic carbocycles. The Morgan fingerprint density at radius 1 is 1.06 bits per heavy atom. The van der Waals surface area contributed by atoms with Crippen molar-refractivity contribution in [2.45, 2.75) is 4.90 Å². The first-order valence-electron chi connectivity index (χ1n) is 4.75. The fourth-order valence-electron chi connectivity index (χ4n) is 1.17. The third-order valence-corrected chi connectivity index (χ3v) is 3.07. The lowest BCUT2D eigenvalue weighted by Crippen LogP contribution is -1.86. The van der Waals surface area contributed by atoms with Gasteiger partial charge in [-0.25, -0.2) is 4.21 Å². The second kappa shape index (κ2) is 5.32. The molecule has 2 heterocycles. The largest absolute Gasteiger partial charge is 0.265 e. The lowest BCUT2D eigenvalue weighted by atomic mass is 10.3. The summed E-state index contributed by atoms with van der Waals surface area (Å²) in [4.78, 5) is 8.60. The molecule has 0 saturated heterocycles. The molecule has 0 spiro atoms. The highest BCUT2D eigenvalue weighted by atomic mass is 32.2. The molecule has 0 radical (unpaired) electrons. The van der Waals surface area contributed by atoms with Crippen LogP contribution in [0.2, 0.25) is 0 Å². The maximum Gasteiger partial charge on any atom is 0.0777 e. The minimum absolute atomic E-state index is 0.746. The van der Waals surface area contributed by atoms with E-state index in [2.05, 4.69) is 9.97 Å². The molecule has 4 heteroatoms. The summed E-state index contributed by atoms with van der Waals surface area (Å²) in [5.41, 5.74) is 0.935. The van der Waals surface area contributed by atoms with Crippen LogP contribution in [-0.2, 0) is 10.8 Å². The molecular weight excluding hydrogens is 220 g/mol. The van der Waals surface area contributed by atoms with Crippen LogP contribution in [0, 0.1) is 0 Å². The number of pyridine rings is 2. The smallest absolute Gasteiger partial charge is 0.0777 e. The van der Waals surface area contributed by atoms with Crippen molar-refractivity contribution in [2.75, 3.05) is 0 Å². The van der Waals surface area contributed by atoms with Crippen LogP contribution in [0.1, 0.15) is 5.56 Å². The van der Waals surface area contributed by atoms with Gasteiger partial charge in [0.25, 0.3) is 0 Å². The summed E-state index contributed by atoms with van der Waals surface area (Å²) in [6.07, 6.45) is 8.48. The number of hydrogen-bond acceptors (Lipinski definition) is 3. The molecular formula is C12H10N2OS. The maximum atomic E-state index is 11.8. The van der Waals surface area contributed by atoms with Gasteiger partial charge in [0.05, 0.1) is 10.8 Å². The maximum absolute atomic E-state index is 11.8. The van der Waals surface area contributed by atoms with E-state index in [0.29, 0.717) is 0 Å². The molecule has 16 heavy (non-hydrogen) atoms. The summed E-state index contributed by atoms with van der Waals surface area (Å²) >= 11 is 0. The van der Waals surface area contributed by atoms with E-state index in [1.165, 1.54) is 0 Å². The van der Waals surface area contributed by atoms with Crippen LogP contribution >= 0.6 is 0 Å². The lowest BCUT2D eigenvalue weighted by Gasteiger charge is -1.94. The van der Waals surface area contributed by atoms with Crippen molar-refractivity contribution in [3.63, 3.8) is 0 Å². The molecule has 0 aliphatic rings. The number of hydrogen-bond donors (Lipinski definition) is 0. The fraction of sp³-hybridized carbons (Fsp3) is 0. The van der Waals surface area contributed by atoms with Gasteiger partial charge in [0.15, 0.2) is 0 Å². The van der Waals surface area contributed by atoms with Gasteiger partial charge in [-0.1, -0.05) is 6.07 Å². The van der Waals surface area contributed by atoms with Gasteiger partial charge in [-0.3, -0.25) is 9.97 Å². The van der Waals surface area contributed by atoms with Crippen molar-refractivity contribution in [1.82, 2.24) is 9.97 Å². The van der Waals surface area contributed by atoms with E-state index in [1.54, 1.807) is 48.4 Å². The van der Waals surface area contributed by atoms with Crippen LogP contribution in [0.4, 0.5) is 0 Å². The van der Waals surface area contributed by atoms with Crippen LogP contribution in [0.3, 0.4) is 0 Å². The minimum atomic E-state index is -1.13. The third-order valence-electron chi connectivity index (χ3n) is 1.95. The molecule has 3 nitrogen and oxygen atoms in total. The molecule has 1 unspecified atom stereocenters. The average molecular weight is 230 g/mol. The predicted octanol–water partition coefficient (Wildman–Crippen LogP) is 2.26. The molecule has 0 N–H and O–H groups in total. The van der Waals surface area contributed by atoms with Crippen LogP contribution in [0.5, 0.6) is 0 Å². The molecule has 0 bridgehead atoms. The van der Waals surface area contributed by atoms with Crippen molar-refractivity contribution >= 4 is 16.9 Å². The van der Waals surface area contributed by atoms with Gasteiger partial charge in [0.2, 0.25) is 0 Å². The zero-order valence-electron chi connectivity index (χ0n) is 8.48. The van der Waals surface area contributed by atoms with Crippen LogP contribution < -0.4 is 0 Å². The van der Waals surface area contributed by atoms with Gasteiger partial charge in [-0.2, -0.15) is 0 Å². The summed E-state index contributed by atoms with van der Waals surface area (Å²) < 4.78 is 11.8. The molecule has 2 aromatic heterocycles. The first kappa shape index (κ1) is 10.7. The van der Waals surface area contributed by atoms with E-state index in [-0.39, 0.29) is 0 Å². The molecule has 1 atom stereocenters. The van der Waals surface area contributed by atoms with Crippen molar-refractivity contribution in [3.8, 4) is 0 Å². The topological polar surface area (TPSA) is 42.9 Å². The van der Waals surface area contributed by atoms with E-state index in [9.17, 15) is 4.21 Å². The van der Waals surface area contributed by atoms with Crippen molar-refractivity contribution in [2.24, 2.45) is 0 Å². The summed E-state index contributed by atoms with van der Waals surface area (Å²) in [5, 5.41) is 1.65. The molecule has 0 saturated carbocycles. The van der Waals surface area contributed by atoms with E-state index in [0.717, 1.165) is 10.5 Å². The summed E-state index contributed by atoms with van der Waals surface area (Å²) in [7, 11) is -1.13. The Morgan fingerprint density at radius 2 is 1.88 bits per heavy atom. The van der Waals surface area contributed by atoms with Crippen LogP contribution in [0.15, 0.2) is 59.4 Å². The van der Waals surface area contributed by atoms with Crippen molar-refractivity contribution < 1.29 is 4.21 Å². The quantitative estimate of drug-likeness (QED) is 0.812. The summed E-state index contributed by atoms with van der Waals surface area (Å²) in [6.45, 7) is 0. The zero-order chi connectivity index (χ0) is 11.2. The molecule has 2 aromatic rings. The molecule has 0 aliphatic carbocycles. The summed E-state index contributed by atoms with van der Waals surface area (Å²) in [6, 6.07) is 7.23. The highest BCUT2D eigenvalue weighted by Crippen LogP contribution is 2.07. The first-order chi connectivity index (χ1) is 7.86. The standard InChI is InChI=1S/C12H10N2OS/c15-16(12-3-7-13-8-4-12)9-5-11-2-1-6-14-10-11/h1-10H/b9-5+. The van der Waals surface area contributed by atoms with Crippen LogP contribution in [-0.4, -0.2) is 14.2 Å². The first-order valence-corrected chi connectivity index (χ1v) is 5.96. The fourth-order valence-corrected chi connectivity index (χ4v) is 1.99. The zero-order valence-corrected chi connectivity index (χ0v) is 9.30. The van der Waals surface area contributed by atoms with Gasteiger partial charge in [0, 0.05) is 35.1 Å². The molecule has 0 aliphatic heterocycles. The van der Waals surface area contributed by atoms with E-state index < -0.39 is 10.8 Å². The number of rotatable bonds is 3. The summed E-state index contributed by atoms with van der Waals surface area (Å²) in [5.74, 6) is 0. The van der Waals surface area contributed by atoms with Crippen molar-refractivity contribution in [1.29, 1.82) is 0 Å². The van der Waals surface area contributed by atoms with Crippen LogP contribution in [0.25, 0.3) is 6.08 Å². The lowest BCUT2D eigenvalue weighted by molar-refractivity contribution is 0.688. The molecule has 80 valence electrons. The second-order valence-electron chi connectivity index (χ2n) is 3.07. The Morgan fingerprint density at radius 3 is 2.56 bits per heavy atom. The second-order valence-corrected chi connectivity index (χ2v) is 4.41. The molecule has 2 rings (SSSR count). The highest BCUT2D eigenvalue weighted by Gasteiger charge is 1.97. The number of aromatic nitrogens is 2. The Hall–Kier alpha value is -1.81. The van der Waals surface area contributed by atoms with Gasteiger partial charge < -0.3 is 0 Å². The molecule has 0 amide bonds. The highest BCUT2D eigenvalue weighted by molar-refractivity contribution is 7.88. The van der Waals surface area contributed by atoms with Gasteiger partial charge in [-0.05, 0) is 29.8 Å². The van der Waals surface area contributed by atoms with E-state index >= 15 is 0 Å². The Bertz CT molecular complexity index is 497. The number of nitrogens with zero attached hydrogens (tertiary/aromatic N) is 2. The van der Waals surface area contributed by atoms with E-state index in [4.69, 9.17) is 0 Å². The average Bonchev–Trinajstić information content (AvgIpc) is 2.38. The monoisotopic (exact) mass is 230 g/mol. The van der Waals surface area contributed by atoms with E-state index in [1.807, 2.05) is 12.1 Å². The Labute approximate surface area is 96.3 Å². The third kappa shape index (κ3) is 2.84. The van der Waals surface area contributed by atoms with Crippen molar-refractivity contribution in [3.05, 3.63) is 60.0 Å². The van der Waals surface area contributed by atoms with Gasteiger partial charge in [-0.15, -0.1) is 0 Å². The Balaban J connectivity index is 2.12. The SMILES string of the molecule is O=S(/C=C/c1cccnc1)c1ccncc1. The Kier molecular flexibility index (Phi) is 3.56. The predicted molar refractivity (Wildman–Crippen MR) is 63.9 cm³/mol.